The van der Waals surface area contributed by atoms with Crippen molar-refractivity contribution in [2.24, 2.45) is 5.92 Å². The third-order valence-electron chi connectivity index (χ3n) is 3.23. The molecule has 2 atom stereocenters. The van der Waals surface area contributed by atoms with Gasteiger partial charge in [0.15, 0.2) is 0 Å². The fourth-order valence-electron chi connectivity index (χ4n) is 1.75. The molecule has 0 aliphatic heterocycles. The average molecular weight is 230 g/mol. The molecule has 0 aromatic rings. The highest BCUT2D eigenvalue weighted by Crippen LogP contribution is 2.19. The fraction of sp³-hybridized carbons (Fsp3) is 0.923. The molecule has 3 heteroatoms. The van der Waals surface area contributed by atoms with E-state index in [4.69, 9.17) is 5.41 Å². The average Bonchev–Trinajstić information content (AvgIpc) is 2.17. The van der Waals surface area contributed by atoms with Crippen LogP contribution in [0.3, 0.4) is 0 Å². The summed E-state index contributed by atoms with van der Waals surface area (Å²) in [7, 11) is 2.05. The molecule has 2 unspecified atom stereocenters. The molecular weight excluding hydrogens is 203 g/mol. The lowest BCUT2D eigenvalue weighted by Gasteiger charge is -2.25. The van der Waals surface area contributed by atoms with E-state index in [0.29, 0.717) is 18.2 Å². The Hall–Kier alpha value is -0.440. The van der Waals surface area contributed by atoms with Crippen LogP contribution in [-0.2, 0) is 0 Å². The minimum Gasteiger partial charge on any atom is -0.310 e. The van der Waals surface area contributed by atoms with Gasteiger partial charge in [-0.25, -0.2) is 4.39 Å². The topological polar surface area (TPSA) is 27.1 Å². The highest BCUT2D eigenvalue weighted by molar-refractivity contribution is 5.81. The summed E-state index contributed by atoms with van der Waals surface area (Å²) in [4.78, 5) is 2.20. The largest absolute Gasteiger partial charge is 0.310 e. The summed E-state index contributed by atoms with van der Waals surface area (Å²) in [6.45, 7) is 8.84. The predicted octanol–water partition coefficient (Wildman–Crippen LogP) is 3.51. The molecule has 0 radical (unpaired) electrons. The molecule has 1 N–H and O–H groups in total. The SMILES string of the molecule is CCCC(F)C(CCN(C)C(C)C)C(C)=N. The Labute approximate surface area is 99.7 Å². The number of nitrogens with one attached hydrogen (secondary N) is 1. The van der Waals surface area contributed by atoms with Crippen LogP contribution in [0.4, 0.5) is 4.39 Å². The Balaban J connectivity index is 4.19. The molecule has 0 aromatic heterocycles. The van der Waals surface area contributed by atoms with Gasteiger partial charge in [-0.3, -0.25) is 0 Å². The molecule has 0 heterocycles. The minimum absolute atomic E-state index is 0.193. The maximum atomic E-state index is 13.8. The standard InChI is InChI=1S/C13H27FN2/c1-6-7-13(14)12(11(4)15)8-9-16(5)10(2)3/h10,12-13,15H,6-9H2,1-5H3. The van der Waals surface area contributed by atoms with Crippen LogP contribution in [0.1, 0.15) is 47.0 Å². The molecule has 0 amide bonds. The normalized spacial score (nSPS) is 15.5. The molecule has 0 aliphatic rings. The van der Waals surface area contributed by atoms with Crippen LogP contribution in [0, 0.1) is 11.3 Å². The summed E-state index contributed by atoms with van der Waals surface area (Å²) in [5.41, 5.74) is 0.484. The molecule has 0 aliphatic carbocycles. The summed E-state index contributed by atoms with van der Waals surface area (Å²) in [5.74, 6) is -0.193. The summed E-state index contributed by atoms with van der Waals surface area (Å²) >= 11 is 0. The molecule has 96 valence electrons. The minimum atomic E-state index is -0.844. The number of nitrogens with zero attached hydrogens (tertiary/aromatic N) is 1. The first-order chi connectivity index (χ1) is 7.40. The van der Waals surface area contributed by atoms with Crippen molar-refractivity contribution in [3.05, 3.63) is 0 Å². The lowest BCUT2D eigenvalue weighted by atomic mass is 9.92. The van der Waals surface area contributed by atoms with Crippen molar-refractivity contribution in [2.45, 2.75) is 59.2 Å². The number of halogens is 1. The molecular formula is C13H27FN2. The van der Waals surface area contributed by atoms with Gasteiger partial charge >= 0.3 is 0 Å². The van der Waals surface area contributed by atoms with E-state index >= 15 is 0 Å². The summed E-state index contributed by atoms with van der Waals surface area (Å²) < 4.78 is 13.8. The van der Waals surface area contributed by atoms with Gasteiger partial charge in [-0.15, -0.1) is 0 Å². The quantitative estimate of drug-likeness (QED) is 0.635. The van der Waals surface area contributed by atoms with E-state index in [1.807, 2.05) is 14.0 Å². The van der Waals surface area contributed by atoms with Crippen LogP contribution >= 0.6 is 0 Å². The van der Waals surface area contributed by atoms with Gasteiger partial charge in [-0.2, -0.15) is 0 Å². The summed E-state index contributed by atoms with van der Waals surface area (Å²) in [6, 6.07) is 0.482. The van der Waals surface area contributed by atoms with E-state index in [-0.39, 0.29) is 5.92 Å². The molecule has 0 bridgehead atoms. The van der Waals surface area contributed by atoms with E-state index in [0.717, 1.165) is 19.4 Å². The summed E-state index contributed by atoms with van der Waals surface area (Å²) in [5, 5.41) is 7.65. The first kappa shape index (κ1) is 15.6. The van der Waals surface area contributed by atoms with Gasteiger partial charge < -0.3 is 10.3 Å². The third-order valence-corrected chi connectivity index (χ3v) is 3.23. The molecule has 16 heavy (non-hydrogen) atoms. The molecule has 0 fully saturated rings. The van der Waals surface area contributed by atoms with Gasteiger partial charge in [0.2, 0.25) is 0 Å². The first-order valence-corrected chi connectivity index (χ1v) is 6.29. The van der Waals surface area contributed by atoms with Crippen LogP contribution in [0.5, 0.6) is 0 Å². The summed E-state index contributed by atoms with van der Waals surface area (Å²) in [6.07, 6.45) is 1.34. The second-order valence-electron chi connectivity index (χ2n) is 4.96. The fourth-order valence-corrected chi connectivity index (χ4v) is 1.75. The number of hydrogen-bond donors (Lipinski definition) is 1. The van der Waals surface area contributed by atoms with Crippen LogP contribution < -0.4 is 0 Å². The van der Waals surface area contributed by atoms with E-state index in [9.17, 15) is 4.39 Å². The van der Waals surface area contributed by atoms with Crippen molar-refractivity contribution in [1.82, 2.24) is 4.90 Å². The Kier molecular flexibility index (Phi) is 7.56. The Morgan fingerprint density at radius 1 is 1.31 bits per heavy atom. The van der Waals surface area contributed by atoms with Gasteiger partial charge in [0.05, 0.1) is 0 Å². The Morgan fingerprint density at radius 2 is 1.88 bits per heavy atom. The van der Waals surface area contributed by atoms with E-state index < -0.39 is 6.17 Å². The maximum absolute atomic E-state index is 13.8. The molecule has 0 saturated heterocycles. The molecule has 0 aromatic carbocycles. The smallest absolute Gasteiger partial charge is 0.108 e. The molecule has 2 nitrogen and oxygen atoms in total. The van der Waals surface area contributed by atoms with E-state index in [2.05, 4.69) is 18.7 Å². The zero-order valence-corrected chi connectivity index (χ0v) is 11.4. The Morgan fingerprint density at radius 3 is 2.25 bits per heavy atom. The maximum Gasteiger partial charge on any atom is 0.108 e. The van der Waals surface area contributed by atoms with E-state index in [1.54, 1.807) is 6.92 Å². The second-order valence-corrected chi connectivity index (χ2v) is 4.96. The highest BCUT2D eigenvalue weighted by atomic mass is 19.1. The van der Waals surface area contributed by atoms with Gasteiger partial charge in [0.25, 0.3) is 0 Å². The molecule has 0 spiro atoms. The lowest BCUT2D eigenvalue weighted by Crippen LogP contribution is -2.32. The van der Waals surface area contributed by atoms with Crippen molar-refractivity contribution < 1.29 is 4.39 Å². The molecule has 0 saturated carbocycles. The molecule has 0 rings (SSSR count). The number of hydrogen-bond acceptors (Lipinski definition) is 2. The van der Waals surface area contributed by atoms with Crippen LogP contribution in [0.15, 0.2) is 0 Å². The zero-order valence-electron chi connectivity index (χ0n) is 11.4. The Bertz CT molecular complexity index is 204. The van der Waals surface area contributed by atoms with Crippen LogP contribution in [0.2, 0.25) is 0 Å². The van der Waals surface area contributed by atoms with Crippen molar-refractivity contribution in [3.63, 3.8) is 0 Å². The van der Waals surface area contributed by atoms with Gasteiger partial charge in [0.1, 0.15) is 6.17 Å². The van der Waals surface area contributed by atoms with E-state index in [1.165, 1.54) is 0 Å². The first-order valence-electron chi connectivity index (χ1n) is 6.29. The van der Waals surface area contributed by atoms with Gasteiger partial charge in [-0.05, 0) is 47.2 Å². The monoisotopic (exact) mass is 230 g/mol. The predicted molar refractivity (Wildman–Crippen MR) is 69.1 cm³/mol. The lowest BCUT2D eigenvalue weighted by molar-refractivity contribution is 0.209. The third kappa shape index (κ3) is 5.59. The van der Waals surface area contributed by atoms with Crippen LogP contribution in [0.25, 0.3) is 0 Å². The van der Waals surface area contributed by atoms with Gasteiger partial charge in [-0.1, -0.05) is 13.3 Å². The second kappa shape index (κ2) is 7.77. The number of alkyl halides is 1. The number of rotatable bonds is 8. The van der Waals surface area contributed by atoms with Crippen molar-refractivity contribution >= 4 is 5.71 Å². The highest BCUT2D eigenvalue weighted by Gasteiger charge is 2.22. The van der Waals surface area contributed by atoms with Crippen molar-refractivity contribution in [2.75, 3.05) is 13.6 Å². The zero-order chi connectivity index (χ0) is 12.7. The van der Waals surface area contributed by atoms with Crippen LogP contribution in [-0.4, -0.2) is 36.4 Å². The van der Waals surface area contributed by atoms with Crippen molar-refractivity contribution in [3.8, 4) is 0 Å². The van der Waals surface area contributed by atoms with Gasteiger partial charge in [0, 0.05) is 17.7 Å². The van der Waals surface area contributed by atoms with Crippen molar-refractivity contribution in [1.29, 1.82) is 5.41 Å².